The van der Waals surface area contributed by atoms with E-state index in [1.807, 2.05) is 26.8 Å². The van der Waals surface area contributed by atoms with E-state index in [0.717, 1.165) is 36.2 Å². The van der Waals surface area contributed by atoms with Gasteiger partial charge in [-0.15, -0.1) is 0 Å². The summed E-state index contributed by atoms with van der Waals surface area (Å²) in [5, 5.41) is 9.07. The zero-order valence-electron chi connectivity index (χ0n) is 14.7. The third-order valence-electron chi connectivity index (χ3n) is 4.47. The second-order valence-electron chi connectivity index (χ2n) is 7.34. The molecule has 0 amide bonds. The van der Waals surface area contributed by atoms with Crippen LogP contribution in [0.25, 0.3) is 0 Å². The normalized spacial score (nSPS) is 18.7. The monoisotopic (exact) mass is 321 g/mol. The molecule has 0 radical (unpaired) electrons. The predicted octanol–water partition coefficient (Wildman–Crippen LogP) is 4.14. The molecule has 1 aliphatic heterocycles. The molecule has 1 aromatic carbocycles. The van der Waals surface area contributed by atoms with Crippen LogP contribution in [-0.2, 0) is 0 Å². The van der Waals surface area contributed by atoms with E-state index < -0.39 is 0 Å². The van der Waals surface area contributed by atoms with Gasteiger partial charge in [-0.2, -0.15) is 0 Å². The maximum atomic E-state index is 14.5. The van der Waals surface area contributed by atoms with E-state index in [4.69, 9.17) is 9.84 Å². The molecule has 0 fully saturated rings. The van der Waals surface area contributed by atoms with Gasteiger partial charge in [-0.3, -0.25) is 4.99 Å². The first-order chi connectivity index (χ1) is 10.8. The lowest BCUT2D eigenvalue weighted by molar-refractivity contribution is 0.133. The number of aryl methyl sites for hydroxylation is 1. The molecule has 0 saturated heterocycles. The minimum atomic E-state index is -0.333. The van der Waals surface area contributed by atoms with Crippen molar-refractivity contribution >= 4 is 5.71 Å². The summed E-state index contributed by atoms with van der Waals surface area (Å²) < 4.78 is 20.3. The fourth-order valence-corrected chi connectivity index (χ4v) is 2.97. The molecule has 1 unspecified atom stereocenters. The van der Waals surface area contributed by atoms with Gasteiger partial charge in [-0.25, -0.2) is 4.39 Å². The molecule has 2 rings (SSSR count). The fourth-order valence-electron chi connectivity index (χ4n) is 2.97. The van der Waals surface area contributed by atoms with Crippen molar-refractivity contribution in [2.24, 2.45) is 16.3 Å². The molecule has 0 aliphatic carbocycles. The number of benzene rings is 1. The van der Waals surface area contributed by atoms with Crippen LogP contribution in [0.1, 0.15) is 51.2 Å². The summed E-state index contributed by atoms with van der Waals surface area (Å²) >= 11 is 0. The number of nitrogens with zero attached hydrogens (tertiary/aromatic N) is 1. The van der Waals surface area contributed by atoms with Gasteiger partial charge in [0.15, 0.2) is 11.6 Å². The molecular weight excluding hydrogens is 293 g/mol. The zero-order valence-corrected chi connectivity index (χ0v) is 14.7. The number of aliphatic hydroxyl groups is 1. The van der Waals surface area contributed by atoms with Crippen LogP contribution in [0.2, 0.25) is 0 Å². The first-order valence-electron chi connectivity index (χ1n) is 8.42. The van der Waals surface area contributed by atoms with E-state index in [1.54, 1.807) is 6.07 Å². The second-order valence-corrected chi connectivity index (χ2v) is 7.34. The van der Waals surface area contributed by atoms with Crippen molar-refractivity contribution in [2.75, 3.05) is 19.8 Å². The molecule has 1 heterocycles. The topological polar surface area (TPSA) is 41.8 Å². The number of aliphatic imine (C=N–C) groups is 1. The molecule has 4 heteroatoms. The van der Waals surface area contributed by atoms with Gasteiger partial charge in [0.1, 0.15) is 0 Å². The number of hydrogen-bond donors (Lipinski definition) is 1. The molecule has 0 aromatic heterocycles. The SMILES string of the molecule is Cc1cc(C2=NCCCC2C)cc(F)c1OCC(C)(C)CCO. The van der Waals surface area contributed by atoms with Crippen LogP contribution in [0.5, 0.6) is 5.75 Å². The summed E-state index contributed by atoms with van der Waals surface area (Å²) in [4.78, 5) is 4.58. The maximum Gasteiger partial charge on any atom is 0.166 e. The predicted molar refractivity (Wildman–Crippen MR) is 91.9 cm³/mol. The molecule has 1 aliphatic rings. The van der Waals surface area contributed by atoms with Crippen molar-refractivity contribution in [3.63, 3.8) is 0 Å². The highest BCUT2D eigenvalue weighted by Crippen LogP contribution is 2.30. The van der Waals surface area contributed by atoms with Crippen molar-refractivity contribution in [3.05, 3.63) is 29.1 Å². The van der Waals surface area contributed by atoms with Gasteiger partial charge < -0.3 is 9.84 Å². The Morgan fingerprint density at radius 1 is 1.39 bits per heavy atom. The minimum absolute atomic E-state index is 0.106. The van der Waals surface area contributed by atoms with Gasteiger partial charge in [-0.05, 0) is 55.4 Å². The molecule has 1 N–H and O–H groups in total. The number of halogens is 1. The van der Waals surface area contributed by atoms with E-state index >= 15 is 0 Å². The van der Waals surface area contributed by atoms with Crippen molar-refractivity contribution in [2.45, 2.75) is 47.0 Å². The molecule has 0 saturated carbocycles. The molecule has 3 nitrogen and oxygen atoms in total. The van der Waals surface area contributed by atoms with Gasteiger partial charge in [0.25, 0.3) is 0 Å². The minimum Gasteiger partial charge on any atom is -0.490 e. The summed E-state index contributed by atoms with van der Waals surface area (Å²) in [7, 11) is 0. The number of rotatable bonds is 6. The van der Waals surface area contributed by atoms with Gasteiger partial charge in [0.05, 0.1) is 6.61 Å². The first kappa shape index (κ1) is 17.9. The fraction of sp³-hybridized carbons (Fsp3) is 0.632. The highest BCUT2D eigenvalue weighted by Gasteiger charge is 2.22. The Balaban J connectivity index is 2.19. The molecule has 23 heavy (non-hydrogen) atoms. The van der Waals surface area contributed by atoms with Crippen molar-refractivity contribution in [1.82, 2.24) is 0 Å². The third kappa shape index (κ3) is 4.54. The van der Waals surface area contributed by atoms with E-state index in [1.165, 1.54) is 0 Å². The average Bonchev–Trinajstić information content (AvgIpc) is 2.46. The summed E-state index contributed by atoms with van der Waals surface area (Å²) in [6.45, 7) is 9.33. The average molecular weight is 321 g/mol. The van der Waals surface area contributed by atoms with Crippen LogP contribution in [0.4, 0.5) is 4.39 Å². The Morgan fingerprint density at radius 2 is 2.13 bits per heavy atom. The van der Waals surface area contributed by atoms with Crippen LogP contribution >= 0.6 is 0 Å². The second kappa shape index (κ2) is 7.43. The lowest BCUT2D eigenvalue weighted by atomic mass is 9.90. The molecule has 0 spiro atoms. The highest BCUT2D eigenvalue weighted by atomic mass is 19.1. The summed E-state index contributed by atoms with van der Waals surface area (Å²) in [6.07, 6.45) is 2.83. The Bertz CT molecular complexity index is 558. The standard InChI is InChI=1S/C19H28FNO2/c1-13-6-5-8-21-17(13)15-10-14(2)18(16(20)11-15)23-12-19(3,4)7-9-22/h10-11,13,22H,5-9,12H2,1-4H3. The van der Waals surface area contributed by atoms with Crippen LogP contribution < -0.4 is 4.74 Å². The van der Waals surface area contributed by atoms with E-state index in [0.29, 0.717) is 24.7 Å². The lowest BCUT2D eigenvalue weighted by Crippen LogP contribution is -2.23. The highest BCUT2D eigenvalue weighted by molar-refractivity contribution is 6.02. The molecular formula is C19H28FNO2. The third-order valence-corrected chi connectivity index (χ3v) is 4.47. The van der Waals surface area contributed by atoms with Crippen molar-refractivity contribution < 1.29 is 14.2 Å². The number of ether oxygens (including phenoxy) is 1. The zero-order chi connectivity index (χ0) is 17.0. The number of hydrogen-bond acceptors (Lipinski definition) is 3. The quantitative estimate of drug-likeness (QED) is 0.855. The summed E-state index contributed by atoms with van der Waals surface area (Å²) in [5.41, 5.74) is 2.48. The van der Waals surface area contributed by atoms with E-state index in [9.17, 15) is 4.39 Å². The summed E-state index contributed by atoms with van der Waals surface area (Å²) in [6, 6.07) is 3.51. The van der Waals surface area contributed by atoms with Crippen LogP contribution in [0, 0.1) is 24.1 Å². The van der Waals surface area contributed by atoms with Gasteiger partial charge >= 0.3 is 0 Å². The van der Waals surface area contributed by atoms with Gasteiger partial charge in [0, 0.05) is 24.3 Å². The molecule has 1 atom stereocenters. The Kier molecular flexibility index (Phi) is 5.79. The molecule has 128 valence electrons. The van der Waals surface area contributed by atoms with Crippen molar-refractivity contribution in [1.29, 1.82) is 0 Å². The molecule has 0 bridgehead atoms. The lowest BCUT2D eigenvalue weighted by Gasteiger charge is -2.25. The van der Waals surface area contributed by atoms with E-state index in [2.05, 4.69) is 11.9 Å². The first-order valence-corrected chi connectivity index (χ1v) is 8.42. The van der Waals surface area contributed by atoms with Crippen molar-refractivity contribution in [3.8, 4) is 5.75 Å². The maximum absolute atomic E-state index is 14.5. The molecule has 1 aromatic rings. The van der Waals surface area contributed by atoms with Gasteiger partial charge in [-0.1, -0.05) is 20.8 Å². The van der Waals surface area contributed by atoms with Crippen LogP contribution in [0.3, 0.4) is 0 Å². The van der Waals surface area contributed by atoms with Gasteiger partial charge in [0.2, 0.25) is 0 Å². The Labute approximate surface area is 138 Å². The Hall–Kier alpha value is -1.42. The Morgan fingerprint density at radius 3 is 2.74 bits per heavy atom. The smallest absolute Gasteiger partial charge is 0.166 e. The number of aliphatic hydroxyl groups excluding tert-OH is 1. The summed E-state index contributed by atoms with van der Waals surface area (Å²) in [5.74, 6) is 0.349. The largest absolute Gasteiger partial charge is 0.490 e. The van der Waals surface area contributed by atoms with Crippen LogP contribution in [-0.4, -0.2) is 30.6 Å². The van der Waals surface area contributed by atoms with Crippen LogP contribution in [0.15, 0.2) is 17.1 Å². The van der Waals surface area contributed by atoms with E-state index in [-0.39, 0.29) is 17.8 Å².